The average molecular weight is 454 g/mol. The number of aryl methyl sites for hydroxylation is 1. The molecule has 0 unspecified atom stereocenters. The molecule has 2 aliphatic rings. The molecule has 0 aliphatic carbocycles. The van der Waals surface area contributed by atoms with Gasteiger partial charge in [-0.25, -0.2) is 14.8 Å². The van der Waals surface area contributed by atoms with Crippen LogP contribution in [0.2, 0.25) is 0 Å². The van der Waals surface area contributed by atoms with Crippen LogP contribution in [0, 0.1) is 0 Å². The molecule has 1 saturated heterocycles. The van der Waals surface area contributed by atoms with Gasteiger partial charge in [0.25, 0.3) is 0 Å². The van der Waals surface area contributed by atoms with Crippen LogP contribution in [0.1, 0.15) is 34.5 Å². The summed E-state index contributed by atoms with van der Waals surface area (Å²) in [6, 6.07) is 17.4. The first-order valence-corrected chi connectivity index (χ1v) is 11.3. The number of fused-ring (bicyclic) bond motifs is 3. The van der Waals surface area contributed by atoms with E-state index in [2.05, 4.69) is 20.2 Å². The number of carbonyl (C=O) groups is 2. The van der Waals surface area contributed by atoms with Gasteiger partial charge in [-0.3, -0.25) is 10.1 Å². The van der Waals surface area contributed by atoms with Crippen LogP contribution in [0.4, 0.5) is 16.3 Å². The molecule has 2 aliphatic heterocycles. The minimum absolute atomic E-state index is 0.129. The van der Waals surface area contributed by atoms with Gasteiger partial charge in [-0.05, 0) is 12.1 Å². The summed E-state index contributed by atoms with van der Waals surface area (Å²) in [5, 5.41) is 3.69. The van der Waals surface area contributed by atoms with Gasteiger partial charge in [0.05, 0.1) is 5.69 Å². The number of nitrogens with one attached hydrogen (secondary N) is 1. The maximum atomic E-state index is 13.3. The Balaban J connectivity index is 1.26. The van der Waals surface area contributed by atoms with E-state index < -0.39 is 11.7 Å². The number of nitrogens with zero attached hydrogens (tertiary/aromatic N) is 4. The molecule has 170 valence electrons. The lowest BCUT2D eigenvalue weighted by molar-refractivity contribution is -0.00811. The van der Waals surface area contributed by atoms with E-state index in [-0.39, 0.29) is 5.78 Å². The standard InChI is InChI=1S/C26H23N5O3/c1-30-15-18(17-6-2-5-9-22(17)30)24(32)21-14-23(28-16-27-21)31-12-10-26(11-13-31)19-7-3-4-8-20(19)29-25(33)34-26/h2-9,14-16H,10-13H2,1H3,(H,29,33). The van der Waals surface area contributed by atoms with Gasteiger partial charge < -0.3 is 14.2 Å². The zero-order valence-corrected chi connectivity index (χ0v) is 18.7. The minimum atomic E-state index is -0.649. The predicted molar refractivity (Wildman–Crippen MR) is 128 cm³/mol. The minimum Gasteiger partial charge on any atom is -0.438 e. The van der Waals surface area contributed by atoms with Crippen molar-refractivity contribution in [3.8, 4) is 0 Å². The van der Waals surface area contributed by atoms with Gasteiger partial charge in [-0.2, -0.15) is 0 Å². The Labute approximate surface area is 196 Å². The van der Waals surface area contributed by atoms with E-state index in [1.807, 2.05) is 66.3 Å². The second-order valence-corrected chi connectivity index (χ2v) is 8.80. The first kappa shape index (κ1) is 20.4. The van der Waals surface area contributed by atoms with Crippen LogP contribution in [0.25, 0.3) is 10.9 Å². The zero-order chi connectivity index (χ0) is 23.3. The van der Waals surface area contributed by atoms with Crippen molar-refractivity contribution in [1.29, 1.82) is 0 Å². The van der Waals surface area contributed by atoms with Crippen LogP contribution in [-0.4, -0.2) is 39.5 Å². The van der Waals surface area contributed by atoms with Crippen LogP contribution in [0.15, 0.2) is 67.1 Å². The van der Waals surface area contributed by atoms with Crippen LogP contribution in [0.5, 0.6) is 0 Å². The molecule has 1 fully saturated rings. The molecule has 0 bridgehead atoms. The Kier molecular flexibility index (Phi) is 4.62. The lowest BCUT2D eigenvalue weighted by atomic mass is 9.82. The molecule has 2 aromatic heterocycles. The third-order valence-corrected chi connectivity index (χ3v) is 6.86. The van der Waals surface area contributed by atoms with E-state index in [4.69, 9.17) is 4.74 Å². The molecule has 1 spiro atoms. The molecular formula is C26H23N5O3. The maximum absolute atomic E-state index is 13.3. The second kappa shape index (κ2) is 7.69. The molecule has 4 aromatic rings. The quantitative estimate of drug-likeness (QED) is 0.467. The van der Waals surface area contributed by atoms with Gasteiger partial charge in [0.1, 0.15) is 23.4 Å². The summed E-state index contributed by atoms with van der Waals surface area (Å²) in [5.41, 5.74) is 3.14. The monoisotopic (exact) mass is 453 g/mol. The summed E-state index contributed by atoms with van der Waals surface area (Å²) < 4.78 is 7.77. The Morgan fingerprint density at radius 3 is 2.68 bits per heavy atom. The second-order valence-electron chi connectivity index (χ2n) is 8.80. The number of piperidine rings is 1. The number of para-hydroxylation sites is 2. The number of anilines is 2. The highest BCUT2D eigenvalue weighted by Crippen LogP contribution is 2.43. The highest BCUT2D eigenvalue weighted by Gasteiger charge is 2.44. The summed E-state index contributed by atoms with van der Waals surface area (Å²) in [7, 11) is 1.93. The molecule has 34 heavy (non-hydrogen) atoms. The van der Waals surface area contributed by atoms with E-state index in [0.717, 1.165) is 22.2 Å². The van der Waals surface area contributed by atoms with Crippen molar-refractivity contribution in [2.75, 3.05) is 23.3 Å². The first-order valence-electron chi connectivity index (χ1n) is 11.3. The molecule has 8 heteroatoms. The van der Waals surface area contributed by atoms with Crippen molar-refractivity contribution in [1.82, 2.24) is 14.5 Å². The van der Waals surface area contributed by atoms with Crippen molar-refractivity contribution in [3.63, 3.8) is 0 Å². The third-order valence-electron chi connectivity index (χ3n) is 6.86. The average Bonchev–Trinajstić information content (AvgIpc) is 3.21. The molecule has 0 saturated carbocycles. The van der Waals surface area contributed by atoms with Gasteiger partial charge in [0, 0.05) is 67.3 Å². The summed E-state index contributed by atoms with van der Waals surface area (Å²) >= 11 is 0. The molecule has 6 rings (SSSR count). The zero-order valence-electron chi connectivity index (χ0n) is 18.7. The first-order chi connectivity index (χ1) is 16.5. The number of aromatic nitrogens is 3. The van der Waals surface area contributed by atoms with Crippen molar-refractivity contribution < 1.29 is 14.3 Å². The van der Waals surface area contributed by atoms with Gasteiger partial charge in [0.15, 0.2) is 0 Å². The van der Waals surface area contributed by atoms with E-state index in [1.54, 1.807) is 6.07 Å². The number of hydrogen-bond donors (Lipinski definition) is 1. The molecule has 0 atom stereocenters. The van der Waals surface area contributed by atoms with Crippen molar-refractivity contribution in [2.24, 2.45) is 7.05 Å². The summed E-state index contributed by atoms with van der Waals surface area (Å²) in [5.74, 6) is 0.567. The number of hydrogen-bond acceptors (Lipinski definition) is 6. The Bertz CT molecular complexity index is 1440. The molecule has 0 radical (unpaired) electrons. The van der Waals surface area contributed by atoms with Crippen LogP contribution in [-0.2, 0) is 17.4 Å². The SMILES string of the molecule is Cn1cc(C(=O)c2cc(N3CCC4(CC3)OC(=O)Nc3ccccc34)ncn2)c2ccccc21. The summed E-state index contributed by atoms with van der Waals surface area (Å²) in [4.78, 5) is 36.4. The van der Waals surface area contributed by atoms with Crippen molar-refractivity contribution >= 4 is 34.3 Å². The van der Waals surface area contributed by atoms with Gasteiger partial charge >= 0.3 is 6.09 Å². The number of ketones is 1. The number of carbonyl (C=O) groups excluding carboxylic acids is 2. The number of benzene rings is 2. The van der Waals surface area contributed by atoms with Gasteiger partial charge in [-0.1, -0.05) is 36.4 Å². The number of amides is 1. The van der Waals surface area contributed by atoms with Gasteiger partial charge in [-0.15, -0.1) is 0 Å². The van der Waals surface area contributed by atoms with E-state index in [0.29, 0.717) is 43.0 Å². The number of ether oxygens (including phenoxy) is 1. The topological polar surface area (TPSA) is 89.4 Å². The van der Waals surface area contributed by atoms with E-state index >= 15 is 0 Å². The summed E-state index contributed by atoms with van der Waals surface area (Å²) in [6.45, 7) is 1.28. The fourth-order valence-electron chi connectivity index (χ4n) is 5.13. The lowest BCUT2D eigenvalue weighted by Gasteiger charge is -2.44. The van der Waals surface area contributed by atoms with Crippen LogP contribution >= 0.6 is 0 Å². The lowest BCUT2D eigenvalue weighted by Crippen LogP contribution is -2.48. The van der Waals surface area contributed by atoms with Crippen LogP contribution in [0.3, 0.4) is 0 Å². The highest BCUT2D eigenvalue weighted by molar-refractivity contribution is 6.15. The number of rotatable bonds is 3. The van der Waals surface area contributed by atoms with Crippen molar-refractivity contribution in [2.45, 2.75) is 18.4 Å². The smallest absolute Gasteiger partial charge is 0.412 e. The largest absolute Gasteiger partial charge is 0.438 e. The van der Waals surface area contributed by atoms with Gasteiger partial charge in [0.2, 0.25) is 5.78 Å². The third kappa shape index (κ3) is 3.22. The predicted octanol–water partition coefficient (Wildman–Crippen LogP) is 4.26. The van der Waals surface area contributed by atoms with E-state index in [1.165, 1.54) is 6.33 Å². The molecular weight excluding hydrogens is 430 g/mol. The highest BCUT2D eigenvalue weighted by atomic mass is 16.6. The molecule has 1 N–H and O–H groups in total. The Hall–Kier alpha value is -4.20. The molecule has 1 amide bonds. The Morgan fingerprint density at radius 1 is 1.06 bits per heavy atom. The van der Waals surface area contributed by atoms with E-state index in [9.17, 15) is 9.59 Å². The summed E-state index contributed by atoms with van der Waals surface area (Å²) in [6.07, 6.45) is 4.14. The Morgan fingerprint density at radius 2 is 1.82 bits per heavy atom. The molecule has 8 nitrogen and oxygen atoms in total. The van der Waals surface area contributed by atoms with Crippen molar-refractivity contribution in [3.05, 3.63) is 83.9 Å². The fourth-order valence-corrected chi connectivity index (χ4v) is 5.13. The molecule has 4 heterocycles. The normalized spacial score (nSPS) is 16.7. The fraction of sp³-hybridized carbons (Fsp3) is 0.231. The maximum Gasteiger partial charge on any atom is 0.412 e. The molecule has 2 aromatic carbocycles. The van der Waals surface area contributed by atoms with Crippen LogP contribution < -0.4 is 10.2 Å².